The standard InChI is InChI=1S/C19H22N2O.ClH/c20-19(11-12-19)18(22)21-14-17(16-9-5-2-6-10-16)13-15-7-3-1-4-8-15;/h1-10,17H,11-14,20H2,(H,21,22);1H. The second-order valence-electron chi connectivity index (χ2n) is 6.16. The minimum absolute atomic E-state index is 0. The van der Waals surface area contributed by atoms with Gasteiger partial charge in [-0.15, -0.1) is 12.4 Å². The van der Waals surface area contributed by atoms with Crippen LogP contribution in [0.3, 0.4) is 0 Å². The molecule has 0 bridgehead atoms. The number of amides is 1. The largest absolute Gasteiger partial charge is 0.354 e. The number of rotatable bonds is 6. The SMILES string of the molecule is Cl.NC1(C(=O)NCC(Cc2ccccc2)c2ccccc2)CC1. The van der Waals surface area contributed by atoms with Crippen molar-refractivity contribution in [3.63, 3.8) is 0 Å². The summed E-state index contributed by atoms with van der Waals surface area (Å²) in [6.45, 7) is 0.622. The molecule has 1 fully saturated rings. The van der Waals surface area contributed by atoms with Crippen molar-refractivity contribution in [3.05, 3.63) is 71.8 Å². The number of nitrogens with one attached hydrogen (secondary N) is 1. The van der Waals surface area contributed by atoms with Crippen LogP contribution < -0.4 is 11.1 Å². The first-order chi connectivity index (χ1) is 10.7. The third-order valence-electron chi connectivity index (χ3n) is 4.35. The Balaban J connectivity index is 0.00000192. The molecule has 1 atom stereocenters. The topological polar surface area (TPSA) is 55.1 Å². The highest BCUT2D eigenvalue weighted by Gasteiger charge is 2.45. The summed E-state index contributed by atoms with van der Waals surface area (Å²) in [6, 6.07) is 20.7. The van der Waals surface area contributed by atoms with Gasteiger partial charge in [-0.05, 0) is 30.4 Å². The summed E-state index contributed by atoms with van der Waals surface area (Å²) in [4.78, 5) is 12.1. The maximum atomic E-state index is 12.1. The van der Waals surface area contributed by atoms with Crippen molar-refractivity contribution in [2.75, 3.05) is 6.54 Å². The Kier molecular flexibility index (Phi) is 5.80. The fourth-order valence-electron chi connectivity index (χ4n) is 2.69. The van der Waals surface area contributed by atoms with Gasteiger partial charge in [-0.1, -0.05) is 60.7 Å². The van der Waals surface area contributed by atoms with Gasteiger partial charge in [0.05, 0.1) is 5.54 Å². The molecule has 4 heteroatoms. The molecule has 1 unspecified atom stereocenters. The van der Waals surface area contributed by atoms with Crippen molar-refractivity contribution in [3.8, 4) is 0 Å². The molecule has 0 aliphatic heterocycles. The molecule has 122 valence electrons. The van der Waals surface area contributed by atoms with Gasteiger partial charge in [-0.25, -0.2) is 0 Å². The van der Waals surface area contributed by atoms with Crippen LogP contribution in [0.1, 0.15) is 29.9 Å². The molecule has 0 spiro atoms. The Morgan fingerprint density at radius 1 is 1.04 bits per heavy atom. The van der Waals surface area contributed by atoms with Gasteiger partial charge in [0, 0.05) is 12.5 Å². The normalized spacial score (nSPS) is 16.0. The highest BCUT2D eigenvalue weighted by molar-refractivity contribution is 5.89. The number of benzene rings is 2. The molecule has 1 aliphatic carbocycles. The van der Waals surface area contributed by atoms with E-state index in [1.54, 1.807) is 0 Å². The van der Waals surface area contributed by atoms with Gasteiger partial charge in [0.2, 0.25) is 5.91 Å². The first-order valence-corrected chi connectivity index (χ1v) is 7.83. The number of halogens is 1. The predicted molar refractivity (Wildman–Crippen MR) is 95.7 cm³/mol. The first kappa shape index (κ1) is 17.5. The van der Waals surface area contributed by atoms with Crippen molar-refractivity contribution in [2.45, 2.75) is 30.7 Å². The van der Waals surface area contributed by atoms with Crippen molar-refractivity contribution in [1.82, 2.24) is 5.32 Å². The third-order valence-corrected chi connectivity index (χ3v) is 4.35. The minimum atomic E-state index is -0.603. The van der Waals surface area contributed by atoms with Crippen molar-refractivity contribution >= 4 is 18.3 Å². The average molecular weight is 331 g/mol. The Hall–Kier alpha value is -1.84. The molecular formula is C19H23ClN2O. The Morgan fingerprint density at radius 2 is 1.61 bits per heavy atom. The number of hydrogen-bond acceptors (Lipinski definition) is 2. The number of nitrogens with two attached hydrogens (primary N) is 1. The summed E-state index contributed by atoms with van der Waals surface area (Å²) in [5, 5.41) is 3.04. The van der Waals surface area contributed by atoms with Crippen LogP contribution in [0.4, 0.5) is 0 Å². The molecule has 2 aromatic rings. The summed E-state index contributed by atoms with van der Waals surface area (Å²) in [5.41, 5.74) is 7.87. The number of carbonyl (C=O) groups is 1. The predicted octanol–water partition coefficient (Wildman–Crippen LogP) is 3.04. The van der Waals surface area contributed by atoms with Gasteiger partial charge in [0.15, 0.2) is 0 Å². The highest BCUT2D eigenvalue weighted by atomic mass is 35.5. The molecular weight excluding hydrogens is 308 g/mol. The zero-order chi connectivity index (χ0) is 15.4. The first-order valence-electron chi connectivity index (χ1n) is 7.83. The van der Waals surface area contributed by atoms with Crippen LogP contribution in [0.25, 0.3) is 0 Å². The zero-order valence-electron chi connectivity index (χ0n) is 13.1. The van der Waals surface area contributed by atoms with E-state index >= 15 is 0 Å². The van der Waals surface area contributed by atoms with Gasteiger partial charge < -0.3 is 11.1 Å². The van der Waals surface area contributed by atoms with E-state index in [-0.39, 0.29) is 24.2 Å². The van der Waals surface area contributed by atoms with Crippen LogP contribution in [0.15, 0.2) is 60.7 Å². The minimum Gasteiger partial charge on any atom is -0.354 e. The average Bonchev–Trinajstić information content (AvgIpc) is 3.32. The zero-order valence-corrected chi connectivity index (χ0v) is 13.9. The van der Waals surface area contributed by atoms with Gasteiger partial charge in [-0.3, -0.25) is 4.79 Å². The fraction of sp³-hybridized carbons (Fsp3) is 0.316. The molecule has 0 radical (unpaired) electrons. The summed E-state index contributed by atoms with van der Waals surface area (Å²) in [5.74, 6) is 0.247. The molecule has 23 heavy (non-hydrogen) atoms. The van der Waals surface area contributed by atoms with E-state index in [1.807, 2.05) is 24.3 Å². The maximum absolute atomic E-state index is 12.1. The quantitative estimate of drug-likeness (QED) is 0.855. The second-order valence-corrected chi connectivity index (χ2v) is 6.16. The van der Waals surface area contributed by atoms with Crippen LogP contribution in [0.2, 0.25) is 0 Å². The molecule has 0 heterocycles. The molecule has 1 saturated carbocycles. The summed E-state index contributed by atoms with van der Waals surface area (Å²) < 4.78 is 0. The van der Waals surface area contributed by atoms with Gasteiger partial charge in [-0.2, -0.15) is 0 Å². The molecule has 3 rings (SSSR count). The van der Waals surface area contributed by atoms with Crippen LogP contribution >= 0.6 is 12.4 Å². The molecule has 2 aromatic carbocycles. The van der Waals surface area contributed by atoms with Crippen LogP contribution in [-0.2, 0) is 11.2 Å². The van der Waals surface area contributed by atoms with Crippen molar-refractivity contribution in [2.24, 2.45) is 5.73 Å². The second kappa shape index (κ2) is 7.62. The fourth-order valence-corrected chi connectivity index (χ4v) is 2.69. The van der Waals surface area contributed by atoms with Crippen molar-refractivity contribution in [1.29, 1.82) is 0 Å². The summed E-state index contributed by atoms with van der Waals surface area (Å²) in [6.07, 6.45) is 2.50. The Bertz CT molecular complexity index is 626. The summed E-state index contributed by atoms with van der Waals surface area (Å²) in [7, 11) is 0. The third kappa shape index (κ3) is 4.57. The lowest BCUT2D eigenvalue weighted by Gasteiger charge is -2.20. The molecule has 1 aliphatic rings. The lowest BCUT2D eigenvalue weighted by Crippen LogP contribution is -2.44. The molecule has 0 aromatic heterocycles. The van der Waals surface area contributed by atoms with Crippen LogP contribution in [0.5, 0.6) is 0 Å². The van der Waals surface area contributed by atoms with E-state index in [1.165, 1.54) is 11.1 Å². The van der Waals surface area contributed by atoms with E-state index < -0.39 is 5.54 Å². The van der Waals surface area contributed by atoms with E-state index in [9.17, 15) is 4.79 Å². The van der Waals surface area contributed by atoms with E-state index in [2.05, 4.69) is 41.7 Å². The van der Waals surface area contributed by atoms with Gasteiger partial charge in [0.25, 0.3) is 0 Å². The smallest absolute Gasteiger partial charge is 0.240 e. The highest BCUT2D eigenvalue weighted by Crippen LogP contribution is 2.32. The Morgan fingerprint density at radius 3 is 2.17 bits per heavy atom. The monoisotopic (exact) mass is 330 g/mol. The van der Waals surface area contributed by atoms with E-state index in [0.29, 0.717) is 6.54 Å². The molecule has 3 nitrogen and oxygen atoms in total. The lowest BCUT2D eigenvalue weighted by atomic mass is 9.92. The molecule has 1 amide bonds. The van der Waals surface area contributed by atoms with Gasteiger partial charge in [0.1, 0.15) is 0 Å². The maximum Gasteiger partial charge on any atom is 0.240 e. The van der Waals surface area contributed by atoms with E-state index in [4.69, 9.17) is 5.73 Å². The molecule has 3 N–H and O–H groups in total. The summed E-state index contributed by atoms with van der Waals surface area (Å²) >= 11 is 0. The van der Waals surface area contributed by atoms with Crippen LogP contribution in [-0.4, -0.2) is 18.0 Å². The van der Waals surface area contributed by atoms with Crippen molar-refractivity contribution < 1.29 is 4.79 Å². The van der Waals surface area contributed by atoms with E-state index in [0.717, 1.165) is 19.3 Å². The van der Waals surface area contributed by atoms with Gasteiger partial charge >= 0.3 is 0 Å². The number of hydrogen-bond donors (Lipinski definition) is 2. The Labute approximate surface area is 143 Å². The number of carbonyl (C=O) groups excluding carboxylic acids is 1. The van der Waals surface area contributed by atoms with Crippen LogP contribution in [0, 0.1) is 0 Å². The molecule has 0 saturated heterocycles. The lowest BCUT2D eigenvalue weighted by molar-refractivity contribution is -0.123.